The van der Waals surface area contributed by atoms with E-state index in [4.69, 9.17) is 39.3 Å². The number of hydrogen-bond donors (Lipinski definition) is 2. The lowest BCUT2D eigenvalue weighted by Crippen LogP contribution is -2.27. The second-order valence-corrected chi connectivity index (χ2v) is 10.0. The fraction of sp³-hybridized carbons (Fsp3) is 0.152. The second-order valence-electron chi connectivity index (χ2n) is 10.0. The van der Waals surface area contributed by atoms with Gasteiger partial charge in [0.05, 0.1) is 12.5 Å². The second kappa shape index (κ2) is 14.4. The van der Waals surface area contributed by atoms with Crippen molar-refractivity contribution in [2.24, 2.45) is 5.73 Å². The van der Waals surface area contributed by atoms with Gasteiger partial charge in [-0.05, 0) is 55.0 Å². The lowest BCUT2D eigenvalue weighted by atomic mass is 9.82. The first-order valence-electron chi connectivity index (χ1n) is 14.0. The number of aldehydes is 1. The quantitative estimate of drug-likeness (QED) is 0.111. The summed E-state index contributed by atoms with van der Waals surface area (Å²) in [4.78, 5) is 22.5. The van der Waals surface area contributed by atoms with E-state index < -0.39 is 46.8 Å². The average Bonchev–Trinajstić information content (AvgIpc) is 3.73. The Morgan fingerprint density at radius 1 is 0.796 bits per heavy atom. The van der Waals surface area contributed by atoms with Gasteiger partial charge in [0.25, 0.3) is 0 Å². The van der Waals surface area contributed by atoms with Gasteiger partial charge in [0.1, 0.15) is 23.4 Å². The molecule has 4 aromatic rings. The molecule has 0 amide bonds. The van der Waals surface area contributed by atoms with Gasteiger partial charge in [-0.2, -0.15) is 0 Å². The maximum absolute atomic E-state index is 13.9. The summed E-state index contributed by atoms with van der Waals surface area (Å²) in [6.07, 6.45) is 0.242. The number of rotatable bonds is 4. The number of hydrogen-bond acceptors (Lipinski definition) is 10. The molecule has 49 heavy (non-hydrogen) atoms. The van der Waals surface area contributed by atoms with Gasteiger partial charge in [-0.25, -0.2) is 31.1 Å². The molecule has 0 saturated heterocycles. The molecule has 3 aliphatic rings. The van der Waals surface area contributed by atoms with Crippen LogP contribution in [0.4, 0.5) is 26.3 Å². The molecule has 10 nitrogen and oxygen atoms in total. The van der Waals surface area contributed by atoms with Gasteiger partial charge in [0.2, 0.25) is 19.5 Å². The average molecular weight is 692 g/mol. The van der Waals surface area contributed by atoms with E-state index in [0.717, 1.165) is 12.1 Å². The Hall–Kier alpha value is -6.06. The van der Waals surface area contributed by atoms with E-state index in [1.165, 1.54) is 18.2 Å². The minimum Gasteiger partial charge on any atom is -0.508 e. The van der Waals surface area contributed by atoms with Crippen LogP contribution in [0.25, 0.3) is 0 Å². The number of nitrogens with two attached hydrogens (primary N) is 1. The van der Waals surface area contributed by atoms with Crippen molar-refractivity contribution in [1.82, 2.24) is 0 Å². The number of carbonyl (C=O) groups excluding carboxylic acids is 2. The summed E-state index contributed by atoms with van der Waals surface area (Å²) < 4.78 is 109. The molecule has 0 saturated carbocycles. The van der Waals surface area contributed by atoms with Crippen LogP contribution in [-0.2, 0) is 9.53 Å². The Bertz CT molecular complexity index is 1920. The molecular weight excluding hydrogens is 668 g/mol. The Labute approximate surface area is 272 Å². The topological polar surface area (TPSA) is 136 Å². The molecule has 4 aromatic carbocycles. The summed E-state index contributed by atoms with van der Waals surface area (Å²) in [6, 6.07) is 10.7. The first-order valence-corrected chi connectivity index (χ1v) is 14.0. The van der Waals surface area contributed by atoms with E-state index in [9.17, 15) is 35.9 Å². The highest BCUT2D eigenvalue weighted by molar-refractivity contribution is 5.92. The minimum atomic E-state index is -1.61. The molecule has 0 radical (unpaired) electrons. The van der Waals surface area contributed by atoms with E-state index in [1.807, 2.05) is 0 Å². The van der Waals surface area contributed by atoms with Gasteiger partial charge in [0.15, 0.2) is 57.9 Å². The van der Waals surface area contributed by atoms with Crippen LogP contribution in [0.1, 0.15) is 34.3 Å². The highest BCUT2D eigenvalue weighted by atomic mass is 19.2. The minimum absolute atomic E-state index is 0.0175. The molecule has 1 unspecified atom stereocenters. The predicted octanol–water partition coefficient (Wildman–Crippen LogP) is 6.13. The van der Waals surface area contributed by atoms with Crippen LogP contribution in [0.15, 0.2) is 66.1 Å². The molecule has 7 rings (SSSR count). The molecule has 16 heteroatoms. The van der Waals surface area contributed by atoms with E-state index >= 15 is 0 Å². The summed E-state index contributed by atoms with van der Waals surface area (Å²) in [7, 11) is 0. The van der Waals surface area contributed by atoms with E-state index in [-0.39, 0.29) is 60.6 Å². The summed E-state index contributed by atoms with van der Waals surface area (Å²) in [5.41, 5.74) is 5.86. The lowest BCUT2D eigenvalue weighted by Gasteiger charge is -2.28. The van der Waals surface area contributed by atoms with Crippen molar-refractivity contribution in [1.29, 1.82) is 0 Å². The number of halogens is 6. The van der Waals surface area contributed by atoms with Crippen LogP contribution in [0.5, 0.6) is 34.5 Å². The number of phenolic OH excluding ortho intramolecular Hbond substituents is 1. The molecule has 0 fully saturated rings. The first kappa shape index (κ1) is 34.3. The van der Waals surface area contributed by atoms with Crippen LogP contribution in [0, 0.1) is 34.9 Å². The highest BCUT2D eigenvalue weighted by Gasteiger charge is 2.38. The number of esters is 1. The van der Waals surface area contributed by atoms with Gasteiger partial charge in [-0.15, -0.1) is 0 Å². The number of fused-ring (bicyclic) bond motifs is 3. The Kier molecular flexibility index (Phi) is 10.1. The smallest absolute Gasteiger partial charge is 0.340 e. The van der Waals surface area contributed by atoms with Gasteiger partial charge < -0.3 is 39.3 Å². The molecule has 3 heterocycles. The third-order valence-electron chi connectivity index (χ3n) is 6.92. The molecule has 1 atom stereocenters. The predicted molar refractivity (Wildman–Crippen MR) is 155 cm³/mol. The summed E-state index contributed by atoms with van der Waals surface area (Å²) in [5, 5.41) is 8.96. The fourth-order valence-corrected chi connectivity index (χ4v) is 4.77. The van der Waals surface area contributed by atoms with Gasteiger partial charge in [0, 0.05) is 23.3 Å². The monoisotopic (exact) mass is 691 g/mol. The van der Waals surface area contributed by atoms with Gasteiger partial charge in [-0.1, -0.05) is 0 Å². The zero-order valence-electron chi connectivity index (χ0n) is 25.0. The Morgan fingerprint density at radius 2 is 1.33 bits per heavy atom. The van der Waals surface area contributed by atoms with Crippen molar-refractivity contribution in [3.63, 3.8) is 0 Å². The summed E-state index contributed by atoms with van der Waals surface area (Å²) in [6.45, 7) is 1.87. The molecule has 0 aliphatic carbocycles. The van der Waals surface area contributed by atoms with Crippen LogP contribution < -0.4 is 29.4 Å². The zero-order chi connectivity index (χ0) is 35.4. The van der Waals surface area contributed by atoms with Crippen molar-refractivity contribution in [2.75, 3.05) is 20.2 Å². The lowest BCUT2D eigenvalue weighted by molar-refractivity contribution is -0.139. The van der Waals surface area contributed by atoms with E-state index in [0.29, 0.717) is 40.7 Å². The number of phenols is 1. The van der Waals surface area contributed by atoms with Crippen molar-refractivity contribution >= 4 is 12.3 Å². The maximum Gasteiger partial charge on any atom is 0.340 e. The van der Waals surface area contributed by atoms with Crippen LogP contribution in [-0.4, -0.2) is 37.6 Å². The van der Waals surface area contributed by atoms with Crippen molar-refractivity contribution in [3.8, 4) is 34.5 Å². The normalized spacial score (nSPS) is 14.8. The maximum atomic E-state index is 13.9. The number of carbonyl (C=O) groups is 2. The SMILES string of the molecule is CCOC(=O)C1=C(N)Oc2cc3c(cc2C1c1cc(F)c(F)c(F)c1)OCO3.O=Cc1cc(F)c(F)c(F)c1.Oc1ccc2c(c1)OCO2. The molecule has 3 N–H and O–H groups in total. The van der Waals surface area contributed by atoms with Crippen LogP contribution >= 0.6 is 0 Å². The fourth-order valence-electron chi connectivity index (χ4n) is 4.77. The molecule has 0 spiro atoms. The zero-order valence-corrected chi connectivity index (χ0v) is 25.0. The first-order chi connectivity index (χ1) is 23.4. The Morgan fingerprint density at radius 3 is 1.90 bits per heavy atom. The van der Waals surface area contributed by atoms with Crippen LogP contribution in [0.2, 0.25) is 0 Å². The van der Waals surface area contributed by atoms with Gasteiger partial charge >= 0.3 is 5.97 Å². The largest absolute Gasteiger partial charge is 0.508 e. The highest BCUT2D eigenvalue weighted by Crippen LogP contribution is 2.48. The third kappa shape index (κ3) is 7.27. The standard InChI is InChI=1S/C19H14F3NO5.C7H3F3O.C7H6O3/c1-2-25-19(24)16-15(8-3-10(20)17(22)11(21)4-8)9-5-13-14(27-7-26-13)6-12(9)28-18(16)23;8-5-1-4(3-11)2-6(9)7(5)10;8-5-1-2-6-7(3-5)10-4-9-6/h3-6,15H,2,7,23H2,1H3;1-3H;1-3,8H,4H2. The summed E-state index contributed by atoms with van der Waals surface area (Å²) >= 11 is 0. The molecule has 0 aromatic heterocycles. The number of aromatic hydroxyl groups is 1. The molecule has 0 bridgehead atoms. The Balaban J connectivity index is 0.000000181. The molecule has 3 aliphatic heterocycles. The van der Waals surface area contributed by atoms with Crippen molar-refractivity contribution in [3.05, 3.63) is 118 Å². The van der Waals surface area contributed by atoms with Crippen molar-refractivity contribution in [2.45, 2.75) is 12.8 Å². The summed E-state index contributed by atoms with van der Waals surface area (Å²) in [5.74, 6) is -8.39. The van der Waals surface area contributed by atoms with E-state index in [1.54, 1.807) is 19.1 Å². The van der Waals surface area contributed by atoms with E-state index in [2.05, 4.69) is 0 Å². The van der Waals surface area contributed by atoms with Crippen molar-refractivity contribution < 1.29 is 69.5 Å². The number of benzene rings is 4. The molecular formula is C33H23F6NO9. The van der Waals surface area contributed by atoms with Gasteiger partial charge in [-0.3, -0.25) is 4.79 Å². The third-order valence-corrected chi connectivity index (χ3v) is 6.92. The van der Waals surface area contributed by atoms with Crippen LogP contribution in [0.3, 0.4) is 0 Å². The number of ether oxygens (including phenoxy) is 6. The molecule has 256 valence electrons.